The number of para-hydroxylation sites is 1. The van der Waals surface area contributed by atoms with Gasteiger partial charge in [0, 0.05) is 11.9 Å². The monoisotopic (exact) mass is 315 g/mol. The Hall–Kier alpha value is -2.34. The van der Waals surface area contributed by atoms with Gasteiger partial charge in [0.2, 0.25) is 0 Å². The van der Waals surface area contributed by atoms with Gasteiger partial charge in [-0.3, -0.25) is 4.68 Å². The van der Waals surface area contributed by atoms with Crippen LogP contribution in [0.2, 0.25) is 0 Å². The maximum atomic E-state index is 5.71. The summed E-state index contributed by atoms with van der Waals surface area (Å²) in [4.78, 5) is 4.62. The summed E-state index contributed by atoms with van der Waals surface area (Å²) in [5.41, 5.74) is 1.90. The van der Waals surface area contributed by atoms with Gasteiger partial charge in [0.1, 0.15) is 17.4 Å². The van der Waals surface area contributed by atoms with E-state index in [1.807, 2.05) is 47.4 Å². The fraction of sp³-hybridized carbons (Fsp3) is 0.250. The van der Waals surface area contributed by atoms with E-state index in [0.29, 0.717) is 6.61 Å². The van der Waals surface area contributed by atoms with Crippen LogP contribution in [0.15, 0.2) is 42.0 Å². The van der Waals surface area contributed by atoms with Crippen LogP contribution in [0.25, 0.3) is 10.6 Å². The molecule has 0 bridgehead atoms. The van der Waals surface area contributed by atoms with Crippen molar-refractivity contribution >= 4 is 11.3 Å². The lowest BCUT2D eigenvalue weighted by Crippen LogP contribution is -1.96. The molecule has 0 atom stereocenters. The summed E-state index contributed by atoms with van der Waals surface area (Å²) in [5, 5.41) is 7.12. The predicted octanol–water partition coefficient (Wildman–Crippen LogP) is 3.61. The molecule has 0 fully saturated rings. The zero-order valence-corrected chi connectivity index (χ0v) is 13.3. The molecule has 0 spiro atoms. The highest BCUT2D eigenvalue weighted by Gasteiger charge is 2.10. The second-order valence-electron chi connectivity index (χ2n) is 4.66. The van der Waals surface area contributed by atoms with Gasteiger partial charge in [-0.2, -0.15) is 5.10 Å². The molecule has 0 amide bonds. The summed E-state index contributed by atoms with van der Waals surface area (Å²) in [7, 11) is 1.67. The van der Waals surface area contributed by atoms with E-state index in [2.05, 4.69) is 10.1 Å². The fourth-order valence-electron chi connectivity index (χ4n) is 2.07. The first-order valence-corrected chi connectivity index (χ1v) is 7.91. The van der Waals surface area contributed by atoms with Gasteiger partial charge in [-0.05, 0) is 19.1 Å². The first-order valence-electron chi connectivity index (χ1n) is 7.03. The van der Waals surface area contributed by atoms with Crippen molar-refractivity contribution < 1.29 is 9.47 Å². The van der Waals surface area contributed by atoms with Crippen LogP contribution in [0.3, 0.4) is 0 Å². The van der Waals surface area contributed by atoms with E-state index >= 15 is 0 Å². The Labute approximate surface area is 133 Å². The molecule has 6 heteroatoms. The van der Waals surface area contributed by atoms with Crippen LogP contribution < -0.4 is 9.47 Å². The van der Waals surface area contributed by atoms with Crippen LogP contribution >= 0.6 is 11.3 Å². The minimum Gasteiger partial charge on any atom is -0.496 e. The third-order valence-electron chi connectivity index (χ3n) is 3.21. The molecule has 0 unspecified atom stereocenters. The van der Waals surface area contributed by atoms with Gasteiger partial charge in [-0.15, -0.1) is 11.3 Å². The Bertz CT molecular complexity index is 751. The average molecular weight is 315 g/mol. The number of thiazole rings is 1. The zero-order valence-electron chi connectivity index (χ0n) is 12.5. The Morgan fingerprint density at radius 2 is 2.14 bits per heavy atom. The maximum Gasteiger partial charge on any atom is 0.157 e. The summed E-state index contributed by atoms with van der Waals surface area (Å²) < 4.78 is 12.9. The Morgan fingerprint density at radius 3 is 2.91 bits per heavy atom. The fourth-order valence-corrected chi connectivity index (χ4v) is 2.90. The van der Waals surface area contributed by atoms with Crippen molar-refractivity contribution in [2.75, 3.05) is 7.11 Å². The first-order chi connectivity index (χ1) is 10.8. The second kappa shape index (κ2) is 6.62. The van der Waals surface area contributed by atoms with Gasteiger partial charge in [-0.25, -0.2) is 4.98 Å². The number of hydrogen-bond acceptors (Lipinski definition) is 5. The van der Waals surface area contributed by atoms with Gasteiger partial charge in [0.25, 0.3) is 0 Å². The van der Waals surface area contributed by atoms with Crippen LogP contribution in [-0.4, -0.2) is 21.9 Å². The molecular formula is C16H17N3O2S. The number of benzene rings is 1. The van der Waals surface area contributed by atoms with Crippen LogP contribution in [0.4, 0.5) is 0 Å². The number of methoxy groups -OCH3 is 1. The summed E-state index contributed by atoms with van der Waals surface area (Å²) >= 11 is 1.59. The molecule has 0 aliphatic heterocycles. The van der Waals surface area contributed by atoms with E-state index in [-0.39, 0.29) is 0 Å². The molecule has 0 aliphatic rings. The number of ether oxygens (including phenoxy) is 2. The van der Waals surface area contributed by atoms with E-state index in [4.69, 9.17) is 9.47 Å². The van der Waals surface area contributed by atoms with Gasteiger partial charge in [0.05, 0.1) is 30.8 Å². The SMILES string of the molecule is CCn1cc(OCc2csc(-c3ccccc3OC)n2)cn1. The van der Waals surface area contributed by atoms with Gasteiger partial charge >= 0.3 is 0 Å². The quantitative estimate of drug-likeness (QED) is 0.697. The molecule has 0 saturated carbocycles. The molecule has 2 heterocycles. The highest BCUT2D eigenvalue weighted by Crippen LogP contribution is 2.32. The summed E-state index contributed by atoms with van der Waals surface area (Å²) in [6, 6.07) is 7.87. The maximum absolute atomic E-state index is 5.71. The van der Waals surface area contributed by atoms with Crippen molar-refractivity contribution in [3.8, 4) is 22.1 Å². The second-order valence-corrected chi connectivity index (χ2v) is 5.52. The number of rotatable bonds is 6. The van der Waals surface area contributed by atoms with Crippen molar-refractivity contribution in [1.82, 2.24) is 14.8 Å². The Kier molecular flexibility index (Phi) is 4.39. The largest absolute Gasteiger partial charge is 0.496 e. The van der Waals surface area contributed by atoms with E-state index in [1.54, 1.807) is 24.6 Å². The third kappa shape index (κ3) is 3.12. The van der Waals surface area contributed by atoms with E-state index in [9.17, 15) is 0 Å². The molecule has 2 aromatic heterocycles. The molecule has 0 N–H and O–H groups in total. The van der Waals surface area contributed by atoms with Crippen LogP contribution in [-0.2, 0) is 13.2 Å². The van der Waals surface area contributed by atoms with Gasteiger partial charge in [0.15, 0.2) is 5.75 Å². The molecule has 0 aliphatic carbocycles. The third-order valence-corrected chi connectivity index (χ3v) is 4.13. The van der Waals surface area contributed by atoms with E-state index < -0.39 is 0 Å². The van der Waals surface area contributed by atoms with E-state index in [1.165, 1.54) is 0 Å². The molecular weight excluding hydrogens is 298 g/mol. The van der Waals surface area contributed by atoms with Gasteiger partial charge < -0.3 is 9.47 Å². The molecule has 0 radical (unpaired) electrons. The Balaban J connectivity index is 1.71. The molecule has 0 saturated heterocycles. The smallest absolute Gasteiger partial charge is 0.157 e. The number of aromatic nitrogens is 3. The number of hydrogen-bond donors (Lipinski definition) is 0. The highest BCUT2D eigenvalue weighted by molar-refractivity contribution is 7.13. The molecule has 22 heavy (non-hydrogen) atoms. The summed E-state index contributed by atoms with van der Waals surface area (Å²) in [6.07, 6.45) is 3.60. The van der Waals surface area contributed by atoms with Crippen LogP contribution in [0.5, 0.6) is 11.5 Å². The van der Waals surface area contributed by atoms with Crippen molar-refractivity contribution in [1.29, 1.82) is 0 Å². The molecule has 3 aromatic rings. The van der Waals surface area contributed by atoms with Crippen LogP contribution in [0.1, 0.15) is 12.6 Å². The molecule has 3 rings (SSSR count). The standard InChI is InChI=1S/C16H17N3O2S/c1-3-19-9-13(8-17-19)21-10-12-11-22-16(18-12)14-6-4-5-7-15(14)20-2/h4-9,11H,3,10H2,1-2H3. The van der Waals surface area contributed by atoms with Crippen molar-refractivity contribution in [2.45, 2.75) is 20.1 Å². The normalized spacial score (nSPS) is 10.6. The Morgan fingerprint density at radius 1 is 1.27 bits per heavy atom. The van der Waals surface area contributed by atoms with Crippen molar-refractivity contribution in [3.05, 3.63) is 47.7 Å². The number of nitrogens with zero attached hydrogens (tertiary/aromatic N) is 3. The lowest BCUT2D eigenvalue weighted by atomic mass is 10.2. The first kappa shape index (κ1) is 14.6. The predicted molar refractivity (Wildman–Crippen MR) is 86.3 cm³/mol. The molecule has 1 aromatic carbocycles. The van der Waals surface area contributed by atoms with Gasteiger partial charge in [-0.1, -0.05) is 12.1 Å². The van der Waals surface area contributed by atoms with Crippen molar-refractivity contribution in [2.24, 2.45) is 0 Å². The minimum absolute atomic E-state index is 0.432. The number of aryl methyl sites for hydroxylation is 1. The summed E-state index contributed by atoms with van der Waals surface area (Å²) in [6.45, 7) is 3.30. The zero-order chi connectivity index (χ0) is 15.4. The lowest BCUT2D eigenvalue weighted by molar-refractivity contribution is 0.302. The topological polar surface area (TPSA) is 49.2 Å². The highest BCUT2D eigenvalue weighted by atomic mass is 32.1. The molecule has 114 valence electrons. The van der Waals surface area contributed by atoms with E-state index in [0.717, 1.165) is 34.3 Å². The van der Waals surface area contributed by atoms with Crippen molar-refractivity contribution in [3.63, 3.8) is 0 Å². The minimum atomic E-state index is 0.432. The molecule has 5 nitrogen and oxygen atoms in total. The lowest BCUT2D eigenvalue weighted by Gasteiger charge is -2.04. The average Bonchev–Trinajstić information content (AvgIpc) is 3.22. The summed E-state index contributed by atoms with van der Waals surface area (Å²) in [5.74, 6) is 1.59. The van der Waals surface area contributed by atoms with Crippen LogP contribution in [0, 0.1) is 0 Å².